The number of methoxy groups -OCH3 is 1. The monoisotopic (exact) mass is 496 g/mol. The summed E-state index contributed by atoms with van der Waals surface area (Å²) in [7, 11) is 3.41. The highest BCUT2D eigenvalue weighted by atomic mass is 127. The first-order valence-corrected chi connectivity index (χ1v) is 9.00. The molecule has 0 fully saturated rings. The molecule has 4 N–H and O–H groups in total. The van der Waals surface area contributed by atoms with E-state index in [9.17, 15) is 4.79 Å². The van der Waals surface area contributed by atoms with Gasteiger partial charge in [0.25, 0.3) is 0 Å². The van der Waals surface area contributed by atoms with Crippen LogP contribution in [0.3, 0.4) is 0 Å². The van der Waals surface area contributed by atoms with Crippen molar-refractivity contribution in [1.29, 1.82) is 0 Å². The van der Waals surface area contributed by atoms with Gasteiger partial charge in [0.2, 0.25) is 5.91 Å². The fraction of sp³-hybridized carbons (Fsp3) is 0.333. The van der Waals surface area contributed by atoms with Crippen molar-refractivity contribution >= 4 is 35.8 Å². The average molecular weight is 496 g/mol. The Bertz CT molecular complexity index is 778. The number of hydrogen-bond acceptors (Lipinski definition) is 3. The fourth-order valence-corrected chi connectivity index (χ4v) is 2.75. The number of primary amides is 1. The zero-order valence-corrected chi connectivity index (χ0v) is 18.9. The van der Waals surface area contributed by atoms with Crippen LogP contribution in [0.25, 0.3) is 0 Å². The largest absolute Gasteiger partial charge is 0.497 e. The lowest BCUT2D eigenvalue weighted by atomic mass is 9.98. The van der Waals surface area contributed by atoms with Crippen LogP contribution in [0.5, 0.6) is 5.75 Å². The number of rotatable bonds is 8. The molecule has 0 radical (unpaired) electrons. The SMILES string of the molecule is CN=C(NCCC(C)c1ccc(OC)cc1)NCc1cccc(C(N)=O)c1.I. The summed E-state index contributed by atoms with van der Waals surface area (Å²) in [5, 5.41) is 6.57. The minimum absolute atomic E-state index is 0. The van der Waals surface area contributed by atoms with Gasteiger partial charge in [-0.15, -0.1) is 24.0 Å². The van der Waals surface area contributed by atoms with Crippen LogP contribution in [-0.4, -0.2) is 32.6 Å². The minimum Gasteiger partial charge on any atom is -0.497 e. The maximum Gasteiger partial charge on any atom is 0.248 e. The van der Waals surface area contributed by atoms with E-state index in [4.69, 9.17) is 10.5 Å². The summed E-state index contributed by atoms with van der Waals surface area (Å²) in [6.45, 7) is 3.57. The molecule has 0 aliphatic carbocycles. The van der Waals surface area contributed by atoms with Gasteiger partial charge in [-0.25, -0.2) is 0 Å². The molecular weight excluding hydrogens is 467 g/mol. The Kier molecular flexibility index (Phi) is 10.4. The summed E-state index contributed by atoms with van der Waals surface area (Å²) in [4.78, 5) is 15.5. The molecule has 7 heteroatoms. The van der Waals surface area contributed by atoms with Crippen molar-refractivity contribution < 1.29 is 9.53 Å². The summed E-state index contributed by atoms with van der Waals surface area (Å²) in [6.07, 6.45) is 0.976. The van der Waals surface area contributed by atoms with Crippen molar-refractivity contribution in [2.24, 2.45) is 10.7 Å². The maximum atomic E-state index is 11.3. The van der Waals surface area contributed by atoms with Gasteiger partial charge in [-0.2, -0.15) is 0 Å². The van der Waals surface area contributed by atoms with E-state index in [0.29, 0.717) is 18.0 Å². The number of amides is 1. The average Bonchev–Trinajstić information content (AvgIpc) is 2.70. The Morgan fingerprint density at radius 1 is 1.18 bits per heavy atom. The lowest BCUT2D eigenvalue weighted by Gasteiger charge is -2.15. The van der Waals surface area contributed by atoms with E-state index >= 15 is 0 Å². The number of carbonyl (C=O) groups is 1. The summed E-state index contributed by atoms with van der Waals surface area (Å²) >= 11 is 0. The van der Waals surface area contributed by atoms with Gasteiger partial charge in [-0.05, 0) is 47.7 Å². The predicted molar refractivity (Wildman–Crippen MR) is 125 cm³/mol. The smallest absolute Gasteiger partial charge is 0.248 e. The predicted octanol–water partition coefficient (Wildman–Crippen LogP) is 3.27. The molecule has 28 heavy (non-hydrogen) atoms. The highest BCUT2D eigenvalue weighted by molar-refractivity contribution is 14.0. The van der Waals surface area contributed by atoms with Crippen LogP contribution in [-0.2, 0) is 6.54 Å². The van der Waals surface area contributed by atoms with Crippen molar-refractivity contribution in [2.45, 2.75) is 25.8 Å². The standard InChI is InChI=1S/C21H28N4O2.HI/c1-15(17-7-9-19(27-3)10-8-17)11-12-24-21(23-2)25-14-16-5-4-6-18(13-16)20(22)26;/h4-10,13,15H,11-12,14H2,1-3H3,(H2,22,26)(H2,23,24,25);1H. The van der Waals surface area contributed by atoms with E-state index in [0.717, 1.165) is 30.2 Å². The maximum absolute atomic E-state index is 11.3. The third-order valence-electron chi connectivity index (χ3n) is 4.45. The second kappa shape index (κ2) is 12.2. The van der Waals surface area contributed by atoms with Crippen LogP contribution < -0.4 is 21.1 Å². The first-order valence-electron chi connectivity index (χ1n) is 9.00. The number of ether oxygens (including phenoxy) is 1. The number of hydrogen-bond donors (Lipinski definition) is 3. The van der Waals surface area contributed by atoms with Gasteiger partial charge < -0.3 is 21.1 Å². The molecule has 0 aliphatic heterocycles. The molecule has 0 saturated carbocycles. The summed E-state index contributed by atoms with van der Waals surface area (Å²) in [6, 6.07) is 15.4. The van der Waals surface area contributed by atoms with Crippen molar-refractivity contribution in [3.63, 3.8) is 0 Å². The van der Waals surface area contributed by atoms with Crippen LogP contribution >= 0.6 is 24.0 Å². The van der Waals surface area contributed by atoms with Gasteiger partial charge in [0.15, 0.2) is 5.96 Å². The molecule has 1 unspecified atom stereocenters. The second-order valence-corrected chi connectivity index (χ2v) is 6.38. The summed E-state index contributed by atoms with van der Waals surface area (Å²) in [5.74, 6) is 1.59. The van der Waals surface area contributed by atoms with Crippen molar-refractivity contribution in [3.05, 3.63) is 65.2 Å². The molecule has 0 aromatic heterocycles. The van der Waals surface area contributed by atoms with Gasteiger partial charge >= 0.3 is 0 Å². The van der Waals surface area contributed by atoms with Gasteiger partial charge in [-0.1, -0.05) is 31.2 Å². The summed E-state index contributed by atoms with van der Waals surface area (Å²) in [5.41, 5.74) is 8.08. The van der Waals surface area contributed by atoms with Crippen LogP contribution in [0, 0.1) is 0 Å². The number of carbonyl (C=O) groups excluding carboxylic acids is 1. The number of halogens is 1. The first kappa shape index (κ1) is 23.7. The van der Waals surface area contributed by atoms with E-state index in [-0.39, 0.29) is 24.0 Å². The number of nitrogens with two attached hydrogens (primary N) is 1. The molecule has 0 saturated heterocycles. The lowest BCUT2D eigenvalue weighted by molar-refractivity contribution is 0.1000. The van der Waals surface area contributed by atoms with Crippen LogP contribution in [0.2, 0.25) is 0 Å². The van der Waals surface area contributed by atoms with Crippen LogP contribution in [0.1, 0.15) is 40.7 Å². The quantitative estimate of drug-likeness (QED) is 0.298. The first-order chi connectivity index (χ1) is 13.0. The Balaban J connectivity index is 0.00000392. The Morgan fingerprint density at radius 2 is 1.89 bits per heavy atom. The Labute approximate surface area is 184 Å². The molecule has 1 amide bonds. The summed E-state index contributed by atoms with van der Waals surface area (Å²) < 4.78 is 5.20. The Morgan fingerprint density at radius 3 is 2.50 bits per heavy atom. The molecule has 2 rings (SSSR count). The molecule has 2 aromatic carbocycles. The van der Waals surface area contributed by atoms with Crippen molar-refractivity contribution in [2.75, 3.05) is 20.7 Å². The normalized spacial score (nSPS) is 11.9. The molecule has 2 aromatic rings. The highest BCUT2D eigenvalue weighted by Gasteiger charge is 2.07. The zero-order valence-electron chi connectivity index (χ0n) is 16.6. The number of guanidine groups is 1. The van der Waals surface area contributed by atoms with E-state index in [2.05, 4.69) is 34.7 Å². The van der Waals surface area contributed by atoms with E-state index < -0.39 is 5.91 Å². The van der Waals surface area contributed by atoms with Crippen LogP contribution in [0.4, 0.5) is 0 Å². The lowest BCUT2D eigenvalue weighted by Crippen LogP contribution is -2.37. The topological polar surface area (TPSA) is 88.7 Å². The Hall–Kier alpha value is -2.29. The highest BCUT2D eigenvalue weighted by Crippen LogP contribution is 2.21. The number of nitrogens with zero attached hydrogens (tertiary/aromatic N) is 1. The molecule has 152 valence electrons. The number of nitrogens with one attached hydrogen (secondary N) is 2. The number of benzene rings is 2. The molecule has 0 spiro atoms. The van der Waals surface area contributed by atoms with Gasteiger partial charge in [0, 0.05) is 25.7 Å². The van der Waals surface area contributed by atoms with Gasteiger partial charge in [0.1, 0.15) is 5.75 Å². The minimum atomic E-state index is -0.424. The van der Waals surface area contributed by atoms with E-state index in [1.807, 2.05) is 24.3 Å². The molecule has 0 heterocycles. The molecule has 0 aliphatic rings. The fourth-order valence-electron chi connectivity index (χ4n) is 2.75. The van der Waals surface area contributed by atoms with Crippen molar-refractivity contribution in [1.82, 2.24) is 10.6 Å². The molecular formula is C21H29IN4O2. The van der Waals surface area contributed by atoms with Gasteiger partial charge in [-0.3, -0.25) is 9.79 Å². The van der Waals surface area contributed by atoms with Gasteiger partial charge in [0.05, 0.1) is 7.11 Å². The number of aliphatic imine (C=N–C) groups is 1. The molecule has 6 nitrogen and oxygen atoms in total. The van der Waals surface area contributed by atoms with E-state index in [1.54, 1.807) is 26.3 Å². The zero-order chi connectivity index (χ0) is 19.6. The van der Waals surface area contributed by atoms with Crippen LogP contribution in [0.15, 0.2) is 53.5 Å². The second-order valence-electron chi connectivity index (χ2n) is 6.38. The third kappa shape index (κ3) is 7.38. The van der Waals surface area contributed by atoms with Crippen molar-refractivity contribution in [3.8, 4) is 5.75 Å². The van der Waals surface area contributed by atoms with E-state index in [1.165, 1.54) is 5.56 Å². The third-order valence-corrected chi connectivity index (χ3v) is 4.45. The molecule has 0 bridgehead atoms. The molecule has 1 atom stereocenters.